The maximum Gasteiger partial charge on any atom is 0.313 e. The molecule has 3 aromatic heterocycles. The number of aromatic nitrogens is 5. The number of benzene rings is 2. The van der Waals surface area contributed by atoms with Crippen molar-refractivity contribution in [3.8, 4) is 11.5 Å². The van der Waals surface area contributed by atoms with Crippen molar-refractivity contribution in [3.05, 3.63) is 40.2 Å². The van der Waals surface area contributed by atoms with Gasteiger partial charge in [0.15, 0.2) is 12.6 Å². The lowest BCUT2D eigenvalue weighted by Gasteiger charge is -2.25. The van der Waals surface area contributed by atoms with Gasteiger partial charge in [0.25, 0.3) is 0 Å². The normalized spacial score (nSPS) is 11.6. The monoisotopic (exact) mass is 926 g/mol. The van der Waals surface area contributed by atoms with Gasteiger partial charge in [0.05, 0.1) is 61.3 Å². The van der Waals surface area contributed by atoms with Crippen LogP contribution in [0, 0.1) is 0 Å². The van der Waals surface area contributed by atoms with Gasteiger partial charge in [-0.05, 0) is 39.8 Å². The fourth-order valence-electron chi connectivity index (χ4n) is 6.02. The summed E-state index contributed by atoms with van der Waals surface area (Å²) in [5, 5.41) is 42.7. The molecule has 0 aliphatic rings. The molecule has 0 bridgehead atoms. The lowest BCUT2D eigenvalue weighted by Crippen LogP contribution is -2.31. The molecule has 0 amide bonds. The average Bonchev–Trinajstić information content (AvgIpc) is 3.94. The summed E-state index contributed by atoms with van der Waals surface area (Å²) in [4.78, 5) is 50.5. The van der Waals surface area contributed by atoms with E-state index in [9.17, 15) is 32.8 Å². The first-order valence-corrected chi connectivity index (χ1v) is 22.3. The fraction of sp³-hybridized carbons (Fsp3) is 0.378. The standard InChI is InChI=1S/C37H46N14O9S3/c1-7-49(8-2)27-15-23(25(17-29(27)59-5)45-47-36-38-19-22(20-54)61-36)39-33-42-34(44-35(43-33)51(11-13-52)12-14-53)40-24-16-28(50(9-3)10-4)30(60-6)18-26(24)46-48-37-41-32(63(56,57)58)31(21-55)62-37/h15-21,52-53H,7-14H2,1-6H3,(H,56,57,58)(H2,39,40,42,43,44)/b47-45+,48-46+. The van der Waals surface area contributed by atoms with Gasteiger partial charge in [0, 0.05) is 51.4 Å². The minimum Gasteiger partial charge on any atom is -0.494 e. The van der Waals surface area contributed by atoms with Crippen molar-refractivity contribution in [1.82, 2.24) is 24.9 Å². The number of hydrogen-bond donors (Lipinski definition) is 5. The molecular weight excluding hydrogens is 881 g/mol. The molecule has 336 valence electrons. The third kappa shape index (κ3) is 11.8. The van der Waals surface area contributed by atoms with Crippen LogP contribution < -0.4 is 34.8 Å². The van der Waals surface area contributed by atoms with Gasteiger partial charge in [-0.15, -0.1) is 20.5 Å². The van der Waals surface area contributed by atoms with Gasteiger partial charge in [0.2, 0.25) is 33.1 Å². The minimum atomic E-state index is -4.84. The number of nitrogens with one attached hydrogen (secondary N) is 2. The molecule has 26 heteroatoms. The maximum atomic E-state index is 11.9. The van der Waals surface area contributed by atoms with E-state index < -0.39 is 15.1 Å². The number of thiazole rings is 2. The number of carbonyl (C=O) groups excluding carboxylic acids is 2. The zero-order chi connectivity index (χ0) is 45.7. The molecule has 5 rings (SSSR count). The molecule has 0 radical (unpaired) electrons. The van der Waals surface area contributed by atoms with Crippen molar-refractivity contribution < 1.29 is 42.2 Å². The van der Waals surface area contributed by atoms with E-state index in [1.807, 2.05) is 32.6 Å². The molecule has 5 aromatic rings. The third-order valence-electron chi connectivity index (χ3n) is 9.02. The number of nitrogens with zero attached hydrogens (tertiary/aromatic N) is 12. The molecule has 0 unspecified atom stereocenters. The van der Waals surface area contributed by atoms with E-state index in [4.69, 9.17) is 14.5 Å². The highest BCUT2D eigenvalue weighted by Crippen LogP contribution is 2.43. The van der Waals surface area contributed by atoms with E-state index in [-0.39, 0.29) is 76.9 Å². The number of aldehydes is 2. The Morgan fingerprint density at radius 3 is 1.60 bits per heavy atom. The fourth-order valence-corrected chi connectivity index (χ4v) is 8.17. The highest BCUT2D eigenvalue weighted by atomic mass is 32.2. The van der Waals surface area contributed by atoms with Crippen LogP contribution in [0.5, 0.6) is 11.5 Å². The van der Waals surface area contributed by atoms with Gasteiger partial charge in [-0.3, -0.25) is 14.1 Å². The number of methoxy groups -OCH3 is 2. The van der Waals surface area contributed by atoms with Crippen LogP contribution in [0.15, 0.2) is 55.9 Å². The molecule has 3 heterocycles. The number of anilines is 7. The Kier molecular flexibility index (Phi) is 16.8. The van der Waals surface area contributed by atoms with Crippen LogP contribution >= 0.6 is 22.7 Å². The van der Waals surface area contributed by atoms with Crippen LogP contribution in [0.25, 0.3) is 0 Å². The van der Waals surface area contributed by atoms with Gasteiger partial charge in [-0.2, -0.15) is 23.4 Å². The van der Waals surface area contributed by atoms with E-state index in [2.05, 4.69) is 55.9 Å². The van der Waals surface area contributed by atoms with Crippen LogP contribution in [0.2, 0.25) is 0 Å². The Balaban J connectivity index is 1.70. The Morgan fingerprint density at radius 1 is 0.698 bits per heavy atom. The number of hydrogen-bond acceptors (Lipinski definition) is 24. The first kappa shape index (κ1) is 47.7. The second-order valence-corrected chi connectivity index (χ2v) is 16.1. The number of aliphatic hydroxyl groups excluding tert-OH is 2. The number of azo groups is 2. The molecule has 23 nitrogen and oxygen atoms in total. The highest BCUT2D eigenvalue weighted by molar-refractivity contribution is 7.86. The Bertz CT molecular complexity index is 2540. The predicted octanol–water partition coefficient (Wildman–Crippen LogP) is 6.47. The third-order valence-corrected chi connectivity index (χ3v) is 11.6. The summed E-state index contributed by atoms with van der Waals surface area (Å²) in [6.45, 7) is 9.90. The van der Waals surface area contributed by atoms with Gasteiger partial charge in [-0.25, -0.2) is 9.97 Å². The van der Waals surface area contributed by atoms with Crippen molar-refractivity contribution in [2.24, 2.45) is 20.5 Å². The summed E-state index contributed by atoms with van der Waals surface area (Å²) < 4.78 is 44.8. The molecule has 0 saturated heterocycles. The van der Waals surface area contributed by atoms with Gasteiger partial charge in [0.1, 0.15) is 27.8 Å². The lowest BCUT2D eigenvalue weighted by molar-refractivity contribution is 0.111. The highest BCUT2D eigenvalue weighted by Gasteiger charge is 2.23. The van der Waals surface area contributed by atoms with E-state index in [0.717, 1.165) is 17.0 Å². The molecule has 0 aliphatic carbocycles. The van der Waals surface area contributed by atoms with Crippen LogP contribution in [-0.2, 0) is 10.1 Å². The first-order valence-electron chi connectivity index (χ1n) is 19.3. The van der Waals surface area contributed by atoms with Gasteiger partial charge in [-0.1, -0.05) is 22.7 Å². The summed E-state index contributed by atoms with van der Waals surface area (Å²) in [6, 6.07) is 6.79. The summed E-state index contributed by atoms with van der Waals surface area (Å²) in [5.74, 6) is 0.930. The topological polar surface area (TPSA) is 295 Å². The van der Waals surface area contributed by atoms with Gasteiger partial charge >= 0.3 is 10.1 Å². The molecule has 0 atom stereocenters. The Labute approximate surface area is 370 Å². The average molecular weight is 927 g/mol. The molecule has 0 spiro atoms. The molecular formula is C37H46N14O9S3. The quantitative estimate of drug-likeness (QED) is 0.0251. The zero-order valence-corrected chi connectivity index (χ0v) is 37.5. The van der Waals surface area contributed by atoms with Crippen molar-refractivity contribution >= 4 is 108 Å². The van der Waals surface area contributed by atoms with E-state index >= 15 is 0 Å². The second-order valence-electron chi connectivity index (χ2n) is 12.7. The van der Waals surface area contributed by atoms with E-state index in [1.165, 1.54) is 20.4 Å². The first-order chi connectivity index (χ1) is 30.4. The van der Waals surface area contributed by atoms with Crippen molar-refractivity contribution in [1.29, 1.82) is 0 Å². The zero-order valence-electron chi connectivity index (χ0n) is 35.1. The number of ether oxygens (including phenoxy) is 2. The van der Waals surface area contributed by atoms with Crippen LogP contribution in [0.3, 0.4) is 0 Å². The van der Waals surface area contributed by atoms with Crippen molar-refractivity contribution in [2.75, 3.05) is 92.0 Å². The molecule has 63 heavy (non-hydrogen) atoms. The van der Waals surface area contributed by atoms with E-state index in [0.29, 0.717) is 77.2 Å². The number of carbonyl (C=O) groups is 2. The SMILES string of the molecule is CCN(CC)c1cc(Nc2nc(Nc3cc(N(CC)CC)c(OC)cc3/N=N/c3nc(S(=O)(=O)O)c(C=O)s3)nc(N(CCO)CCO)n2)c(/N=N/c2ncc(C=O)s2)cc1OC. The molecule has 0 aliphatic heterocycles. The van der Waals surface area contributed by atoms with Crippen LogP contribution in [0.4, 0.5) is 62.2 Å². The van der Waals surface area contributed by atoms with E-state index in [1.54, 1.807) is 29.2 Å². The summed E-state index contributed by atoms with van der Waals surface area (Å²) >= 11 is 1.66. The predicted molar refractivity (Wildman–Crippen MR) is 239 cm³/mol. The summed E-state index contributed by atoms with van der Waals surface area (Å²) in [6.07, 6.45) is 2.30. The minimum absolute atomic E-state index is 0.00411. The molecule has 0 saturated carbocycles. The Hall–Kier alpha value is -6.32. The Morgan fingerprint density at radius 2 is 1.21 bits per heavy atom. The largest absolute Gasteiger partial charge is 0.494 e. The van der Waals surface area contributed by atoms with Crippen LogP contribution in [0.1, 0.15) is 47.0 Å². The molecule has 5 N–H and O–H groups in total. The second kappa shape index (κ2) is 22.2. The summed E-state index contributed by atoms with van der Waals surface area (Å²) in [7, 11) is -1.82. The number of rotatable bonds is 24. The lowest BCUT2D eigenvalue weighted by atomic mass is 10.2. The summed E-state index contributed by atoms with van der Waals surface area (Å²) in [5.41, 5.74) is 2.48. The molecule has 0 fully saturated rings. The van der Waals surface area contributed by atoms with Crippen LogP contribution in [-0.4, -0.2) is 127 Å². The van der Waals surface area contributed by atoms with Crippen molar-refractivity contribution in [3.63, 3.8) is 0 Å². The van der Waals surface area contributed by atoms with Gasteiger partial charge < -0.3 is 45.0 Å². The van der Waals surface area contributed by atoms with Crippen molar-refractivity contribution in [2.45, 2.75) is 32.7 Å². The molecule has 2 aromatic carbocycles. The smallest absolute Gasteiger partial charge is 0.313 e. The number of aliphatic hydroxyl groups is 2. The maximum absolute atomic E-state index is 11.9.